The Kier molecular flexibility index (Phi) is 5.99. The van der Waals surface area contributed by atoms with E-state index in [1.807, 2.05) is 0 Å². The first-order valence-electron chi connectivity index (χ1n) is 7.71. The van der Waals surface area contributed by atoms with Crippen LogP contribution in [0.15, 0.2) is 53.4 Å². The second-order valence-corrected chi connectivity index (χ2v) is 7.87. The summed E-state index contributed by atoms with van der Waals surface area (Å²) in [6.07, 6.45) is 1.11. The van der Waals surface area contributed by atoms with E-state index in [1.165, 1.54) is 29.2 Å². The molecule has 0 unspecified atom stereocenters. The predicted octanol–water partition coefficient (Wildman–Crippen LogP) is 1.81. The first kappa shape index (κ1) is 19.5. The SMILES string of the molecule is CN(C)C(=O)COc1ccc(NC(=O)c2ccc(S(C)(=O)=O)cc2)cc1. The molecule has 2 rings (SSSR count). The fourth-order valence-electron chi connectivity index (χ4n) is 1.97. The highest BCUT2D eigenvalue weighted by Gasteiger charge is 2.10. The normalized spacial score (nSPS) is 10.9. The van der Waals surface area contributed by atoms with Crippen LogP contribution in [0.1, 0.15) is 10.4 Å². The molecule has 0 bridgehead atoms. The minimum Gasteiger partial charge on any atom is -0.484 e. The number of carbonyl (C=O) groups excluding carboxylic acids is 2. The summed E-state index contributed by atoms with van der Waals surface area (Å²) in [7, 11) is -0.00741. The van der Waals surface area contributed by atoms with Gasteiger partial charge in [-0.3, -0.25) is 9.59 Å². The first-order chi connectivity index (χ1) is 12.2. The molecule has 0 saturated carbocycles. The molecule has 0 heterocycles. The van der Waals surface area contributed by atoms with E-state index in [9.17, 15) is 18.0 Å². The van der Waals surface area contributed by atoms with Gasteiger partial charge in [0.05, 0.1) is 4.90 Å². The molecule has 1 N–H and O–H groups in total. The summed E-state index contributed by atoms with van der Waals surface area (Å²) < 4.78 is 28.2. The van der Waals surface area contributed by atoms with E-state index in [4.69, 9.17) is 4.74 Å². The van der Waals surface area contributed by atoms with Crippen LogP contribution in [0.3, 0.4) is 0 Å². The van der Waals surface area contributed by atoms with Crippen molar-refractivity contribution >= 4 is 27.3 Å². The maximum Gasteiger partial charge on any atom is 0.259 e. The smallest absolute Gasteiger partial charge is 0.259 e. The van der Waals surface area contributed by atoms with Crippen LogP contribution in [-0.4, -0.2) is 52.1 Å². The van der Waals surface area contributed by atoms with Crippen molar-refractivity contribution in [2.45, 2.75) is 4.90 Å². The number of likely N-dealkylation sites (N-methyl/N-ethyl adjacent to an activating group) is 1. The number of sulfone groups is 1. The Balaban J connectivity index is 1.98. The number of ether oxygens (including phenoxy) is 1. The molecule has 0 saturated heterocycles. The third-order valence-electron chi connectivity index (χ3n) is 3.52. The Bertz CT molecular complexity index is 888. The lowest BCUT2D eigenvalue weighted by atomic mass is 10.2. The summed E-state index contributed by atoms with van der Waals surface area (Å²) in [6, 6.07) is 12.3. The molecule has 0 aliphatic carbocycles. The zero-order chi connectivity index (χ0) is 19.3. The average molecular weight is 376 g/mol. The van der Waals surface area contributed by atoms with E-state index in [-0.39, 0.29) is 23.3 Å². The molecular weight excluding hydrogens is 356 g/mol. The van der Waals surface area contributed by atoms with Gasteiger partial charge in [0.15, 0.2) is 16.4 Å². The number of nitrogens with zero attached hydrogens (tertiary/aromatic N) is 1. The highest BCUT2D eigenvalue weighted by molar-refractivity contribution is 7.90. The standard InChI is InChI=1S/C18H20N2O5S/c1-20(2)17(21)12-25-15-8-6-14(7-9-15)19-18(22)13-4-10-16(11-5-13)26(3,23)24/h4-11H,12H2,1-3H3,(H,19,22). The molecular formula is C18H20N2O5S. The Morgan fingerprint density at radius 1 is 1.00 bits per heavy atom. The fraction of sp³-hybridized carbons (Fsp3) is 0.222. The van der Waals surface area contributed by atoms with Gasteiger partial charge in [-0.05, 0) is 48.5 Å². The number of amides is 2. The number of nitrogens with one attached hydrogen (secondary N) is 1. The molecule has 0 radical (unpaired) electrons. The van der Waals surface area contributed by atoms with E-state index < -0.39 is 9.84 Å². The van der Waals surface area contributed by atoms with Crippen molar-refractivity contribution < 1.29 is 22.7 Å². The van der Waals surface area contributed by atoms with E-state index in [2.05, 4.69) is 5.32 Å². The van der Waals surface area contributed by atoms with Crippen molar-refractivity contribution in [1.82, 2.24) is 4.90 Å². The average Bonchev–Trinajstić information content (AvgIpc) is 2.60. The second kappa shape index (κ2) is 8.01. The van der Waals surface area contributed by atoms with Gasteiger partial charge in [0.25, 0.3) is 11.8 Å². The lowest BCUT2D eigenvalue weighted by molar-refractivity contribution is -0.130. The number of anilines is 1. The summed E-state index contributed by atoms with van der Waals surface area (Å²) in [5, 5.41) is 2.71. The summed E-state index contributed by atoms with van der Waals surface area (Å²) in [5.41, 5.74) is 0.891. The molecule has 0 spiro atoms. The Labute approximate surface area is 152 Å². The molecule has 138 valence electrons. The topological polar surface area (TPSA) is 92.8 Å². The molecule has 2 amide bonds. The van der Waals surface area contributed by atoms with Gasteiger partial charge in [0.1, 0.15) is 5.75 Å². The number of benzene rings is 2. The second-order valence-electron chi connectivity index (χ2n) is 5.85. The highest BCUT2D eigenvalue weighted by atomic mass is 32.2. The number of rotatable bonds is 6. The molecule has 0 aliphatic rings. The summed E-state index contributed by atoms with van der Waals surface area (Å²) in [5.74, 6) is -0.00266. The summed E-state index contributed by atoms with van der Waals surface area (Å²) in [6.45, 7) is -0.0641. The fourth-order valence-corrected chi connectivity index (χ4v) is 2.60. The molecule has 0 atom stereocenters. The number of hydrogen-bond donors (Lipinski definition) is 1. The van der Waals surface area contributed by atoms with Crippen LogP contribution in [0.5, 0.6) is 5.75 Å². The lowest BCUT2D eigenvalue weighted by Crippen LogP contribution is -2.27. The predicted molar refractivity (Wildman–Crippen MR) is 98.1 cm³/mol. The van der Waals surface area contributed by atoms with Gasteiger partial charge in [0, 0.05) is 31.6 Å². The molecule has 2 aromatic carbocycles. The number of hydrogen-bond acceptors (Lipinski definition) is 5. The van der Waals surface area contributed by atoms with Crippen molar-refractivity contribution in [2.24, 2.45) is 0 Å². The van der Waals surface area contributed by atoms with Crippen molar-refractivity contribution in [1.29, 1.82) is 0 Å². The van der Waals surface area contributed by atoms with Crippen LogP contribution in [-0.2, 0) is 14.6 Å². The minimum atomic E-state index is -3.30. The van der Waals surface area contributed by atoms with Crippen LogP contribution in [0.4, 0.5) is 5.69 Å². The lowest BCUT2D eigenvalue weighted by Gasteiger charge is -2.12. The quantitative estimate of drug-likeness (QED) is 0.830. The Hall–Kier alpha value is -2.87. The van der Waals surface area contributed by atoms with Gasteiger partial charge in [-0.1, -0.05) is 0 Å². The van der Waals surface area contributed by atoms with E-state index >= 15 is 0 Å². The summed E-state index contributed by atoms with van der Waals surface area (Å²) >= 11 is 0. The zero-order valence-corrected chi connectivity index (χ0v) is 15.5. The number of carbonyl (C=O) groups is 2. The molecule has 0 fully saturated rings. The molecule has 0 aliphatic heterocycles. The van der Waals surface area contributed by atoms with Gasteiger partial charge in [-0.15, -0.1) is 0 Å². The van der Waals surface area contributed by atoms with Gasteiger partial charge < -0.3 is 15.0 Å². The van der Waals surface area contributed by atoms with Gasteiger partial charge in [-0.2, -0.15) is 0 Å². The first-order valence-corrected chi connectivity index (χ1v) is 9.60. The monoisotopic (exact) mass is 376 g/mol. The molecule has 2 aromatic rings. The third kappa shape index (κ3) is 5.32. The maximum absolute atomic E-state index is 12.2. The van der Waals surface area contributed by atoms with Crippen molar-refractivity contribution in [3.05, 3.63) is 54.1 Å². The van der Waals surface area contributed by atoms with Crippen molar-refractivity contribution in [2.75, 3.05) is 32.3 Å². The minimum absolute atomic E-state index is 0.0641. The van der Waals surface area contributed by atoms with Crippen molar-refractivity contribution in [3.63, 3.8) is 0 Å². The zero-order valence-electron chi connectivity index (χ0n) is 14.7. The van der Waals surface area contributed by atoms with E-state index in [0.717, 1.165) is 6.26 Å². The molecule has 7 nitrogen and oxygen atoms in total. The van der Waals surface area contributed by atoms with Crippen LogP contribution in [0.2, 0.25) is 0 Å². The third-order valence-corrected chi connectivity index (χ3v) is 4.65. The van der Waals surface area contributed by atoms with Crippen LogP contribution in [0, 0.1) is 0 Å². The largest absolute Gasteiger partial charge is 0.484 e. The molecule has 26 heavy (non-hydrogen) atoms. The van der Waals surface area contributed by atoms with Gasteiger partial charge >= 0.3 is 0 Å². The Morgan fingerprint density at radius 2 is 1.58 bits per heavy atom. The summed E-state index contributed by atoms with van der Waals surface area (Å²) in [4.78, 5) is 25.3. The molecule has 0 aromatic heterocycles. The van der Waals surface area contributed by atoms with Gasteiger partial charge in [0.2, 0.25) is 0 Å². The molecule has 8 heteroatoms. The van der Waals surface area contributed by atoms with Crippen LogP contribution >= 0.6 is 0 Å². The van der Waals surface area contributed by atoms with E-state index in [1.54, 1.807) is 38.4 Å². The van der Waals surface area contributed by atoms with Crippen molar-refractivity contribution in [3.8, 4) is 5.75 Å². The van der Waals surface area contributed by atoms with Gasteiger partial charge in [-0.25, -0.2) is 8.42 Å². The maximum atomic E-state index is 12.2. The van der Waals surface area contributed by atoms with Crippen LogP contribution in [0.25, 0.3) is 0 Å². The van der Waals surface area contributed by atoms with Crippen LogP contribution < -0.4 is 10.1 Å². The van der Waals surface area contributed by atoms with E-state index in [0.29, 0.717) is 17.0 Å². The highest BCUT2D eigenvalue weighted by Crippen LogP contribution is 2.17. The Morgan fingerprint density at radius 3 is 2.08 bits per heavy atom.